The number of piperidine rings is 1. The van der Waals surface area contributed by atoms with Crippen molar-refractivity contribution < 1.29 is 9.59 Å². The molecule has 0 radical (unpaired) electrons. The topological polar surface area (TPSA) is 84.2 Å². The Morgan fingerprint density at radius 1 is 1.42 bits per heavy atom. The zero-order valence-electron chi connectivity index (χ0n) is 10.8. The van der Waals surface area contributed by atoms with Gasteiger partial charge in [0.15, 0.2) is 0 Å². The van der Waals surface area contributed by atoms with Crippen LogP contribution in [0.1, 0.15) is 28.8 Å². The molecule has 1 aromatic rings. The minimum Gasteiger partial charge on any atom is -0.366 e. The molecule has 1 aliphatic heterocycles. The van der Waals surface area contributed by atoms with Crippen LogP contribution in [-0.2, 0) is 11.3 Å². The molecule has 5 heteroatoms. The van der Waals surface area contributed by atoms with E-state index in [1.807, 2.05) is 6.07 Å². The number of hydrogen-bond acceptors (Lipinski definition) is 3. The van der Waals surface area contributed by atoms with Crippen LogP contribution in [-0.4, -0.2) is 24.9 Å². The van der Waals surface area contributed by atoms with Gasteiger partial charge in [0.25, 0.3) is 0 Å². The number of hydrogen-bond donors (Lipinski definition) is 3. The first kappa shape index (κ1) is 13.5. The van der Waals surface area contributed by atoms with E-state index < -0.39 is 5.91 Å². The van der Waals surface area contributed by atoms with Crippen molar-refractivity contribution in [3.63, 3.8) is 0 Å². The van der Waals surface area contributed by atoms with Crippen molar-refractivity contribution in [2.24, 2.45) is 11.7 Å². The number of carbonyl (C=O) groups is 2. The molecule has 102 valence electrons. The third-order valence-electron chi connectivity index (χ3n) is 3.35. The predicted octanol–water partition coefficient (Wildman–Crippen LogP) is 0.401. The van der Waals surface area contributed by atoms with Crippen LogP contribution < -0.4 is 16.4 Å². The van der Waals surface area contributed by atoms with Gasteiger partial charge in [-0.1, -0.05) is 12.1 Å². The van der Waals surface area contributed by atoms with Gasteiger partial charge in [0, 0.05) is 18.7 Å². The van der Waals surface area contributed by atoms with Crippen molar-refractivity contribution in [3.05, 3.63) is 35.4 Å². The minimum absolute atomic E-state index is 0.0491. The highest BCUT2D eigenvalue weighted by Crippen LogP contribution is 2.10. The van der Waals surface area contributed by atoms with E-state index in [9.17, 15) is 9.59 Å². The summed E-state index contributed by atoms with van der Waals surface area (Å²) < 4.78 is 0. The summed E-state index contributed by atoms with van der Waals surface area (Å²) in [4.78, 5) is 23.0. The Morgan fingerprint density at radius 3 is 2.95 bits per heavy atom. The summed E-state index contributed by atoms with van der Waals surface area (Å²) in [5, 5.41) is 6.12. The summed E-state index contributed by atoms with van der Waals surface area (Å²) in [5.74, 6) is -0.339. The second kappa shape index (κ2) is 6.33. The number of amides is 2. The number of carbonyl (C=O) groups excluding carboxylic acids is 2. The maximum absolute atomic E-state index is 11.9. The van der Waals surface area contributed by atoms with Crippen molar-refractivity contribution in [2.45, 2.75) is 19.4 Å². The first-order valence-electron chi connectivity index (χ1n) is 6.54. The number of primary amides is 1. The van der Waals surface area contributed by atoms with Gasteiger partial charge >= 0.3 is 0 Å². The maximum Gasteiger partial charge on any atom is 0.248 e. The van der Waals surface area contributed by atoms with Gasteiger partial charge in [-0.15, -0.1) is 0 Å². The highest BCUT2D eigenvalue weighted by Gasteiger charge is 2.20. The maximum atomic E-state index is 11.9. The SMILES string of the molecule is NC(=O)c1cccc(CNC(=O)C2CCCNC2)c1. The van der Waals surface area contributed by atoms with E-state index in [0.717, 1.165) is 31.5 Å². The third-order valence-corrected chi connectivity index (χ3v) is 3.35. The lowest BCUT2D eigenvalue weighted by Crippen LogP contribution is -2.40. The molecule has 1 fully saturated rings. The molecule has 1 aliphatic rings. The number of rotatable bonds is 4. The first-order chi connectivity index (χ1) is 9.16. The zero-order valence-corrected chi connectivity index (χ0v) is 10.8. The molecule has 1 aromatic carbocycles. The van der Waals surface area contributed by atoms with Crippen LogP contribution in [0.5, 0.6) is 0 Å². The van der Waals surface area contributed by atoms with Crippen LogP contribution in [0.2, 0.25) is 0 Å². The Labute approximate surface area is 112 Å². The summed E-state index contributed by atoms with van der Waals surface area (Å²) in [6.45, 7) is 2.16. The lowest BCUT2D eigenvalue weighted by molar-refractivity contribution is -0.125. The summed E-state index contributed by atoms with van der Waals surface area (Å²) in [6.07, 6.45) is 1.97. The van der Waals surface area contributed by atoms with Gasteiger partial charge in [0.05, 0.1) is 5.92 Å². The van der Waals surface area contributed by atoms with Crippen LogP contribution in [0.3, 0.4) is 0 Å². The molecule has 5 nitrogen and oxygen atoms in total. The molecule has 0 aliphatic carbocycles. The molecule has 2 rings (SSSR count). The van der Waals surface area contributed by atoms with Crippen LogP contribution in [0.15, 0.2) is 24.3 Å². The number of benzene rings is 1. The molecule has 1 unspecified atom stereocenters. The van der Waals surface area contributed by atoms with E-state index in [1.54, 1.807) is 18.2 Å². The molecule has 1 heterocycles. The lowest BCUT2D eigenvalue weighted by Gasteiger charge is -2.21. The number of nitrogens with one attached hydrogen (secondary N) is 2. The fraction of sp³-hybridized carbons (Fsp3) is 0.429. The van der Waals surface area contributed by atoms with E-state index in [2.05, 4.69) is 10.6 Å². The Morgan fingerprint density at radius 2 is 2.26 bits per heavy atom. The predicted molar refractivity (Wildman–Crippen MR) is 72.4 cm³/mol. The molecule has 0 saturated carbocycles. The van der Waals surface area contributed by atoms with Crippen molar-refractivity contribution in [2.75, 3.05) is 13.1 Å². The quantitative estimate of drug-likeness (QED) is 0.733. The van der Waals surface area contributed by atoms with E-state index in [4.69, 9.17) is 5.73 Å². The van der Waals surface area contributed by atoms with Crippen molar-refractivity contribution in [1.29, 1.82) is 0 Å². The molecule has 4 N–H and O–H groups in total. The summed E-state index contributed by atoms with van der Waals surface area (Å²) in [7, 11) is 0. The normalized spacial score (nSPS) is 18.8. The minimum atomic E-state index is -0.454. The largest absolute Gasteiger partial charge is 0.366 e. The first-order valence-corrected chi connectivity index (χ1v) is 6.54. The van der Waals surface area contributed by atoms with Crippen molar-refractivity contribution in [3.8, 4) is 0 Å². The van der Waals surface area contributed by atoms with Gasteiger partial charge in [0.1, 0.15) is 0 Å². The van der Waals surface area contributed by atoms with Crippen molar-refractivity contribution >= 4 is 11.8 Å². The average Bonchev–Trinajstić information content (AvgIpc) is 2.46. The molecule has 0 bridgehead atoms. The molecule has 2 amide bonds. The van der Waals surface area contributed by atoms with E-state index >= 15 is 0 Å². The molecule has 0 aromatic heterocycles. The van der Waals surface area contributed by atoms with Crippen LogP contribution in [0, 0.1) is 5.92 Å². The molecular weight excluding hydrogens is 242 g/mol. The van der Waals surface area contributed by atoms with E-state index in [-0.39, 0.29) is 11.8 Å². The summed E-state index contributed by atoms with van der Waals surface area (Å²) >= 11 is 0. The smallest absolute Gasteiger partial charge is 0.248 e. The standard InChI is InChI=1S/C14H19N3O2/c15-13(18)11-4-1-3-10(7-11)8-17-14(19)12-5-2-6-16-9-12/h1,3-4,7,12,16H,2,5-6,8-9H2,(H2,15,18)(H,17,19). The number of nitrogens with two attached hydrogens (primary N) is 1. The summed E-state index contributed by atoms with van der Waals surface area (Å²) in [6, 6.07) is 7.01. The van der Waals surface area contributed by atoms with Crippen molar-refractivity contribution in [1.82, 2.24) is 10.6 Å². The summed E-state index contributed by atoms with van der Waals surface area (Å²) in [5.41, 5.74) is 6.57. The third kappa shape index (κ3) is 3.79. The second-order valence-corrected chi connectivity index (χ2v) is 4.83. The lowest BCUT2D eigenvalue weighted by atomic mass is 9.99. The van der Waals surface area contributed by atoms with Gasteiger partial charge in [-0.25, -0.2) is 0 Å². The molecule has 19 heavy (non-hydrogen) atoms. The van der Waals surface area contributed by atoms with Gasteiger partial charge in [-0.05, 0) is 37.1 Å². The molecular formula is C14H19N3O2. The monoisotopic (exact) mass is 261 g/mol. The van der Waals surface area contributed by atoms with E-state index in [0.29, 0.717) is 12.1 Å². The highest BCUT2D eigenvalue weighted by atomic mass is 16.2. The molecule has 0 spiro atoms. The van der Waals surface area contributed by atoms with Gasteiger partial charge in [-0.3, -0.25) is 9.59 Å². The molecule has 1 saturated heterocycles. The van der Waals surface area contributed by atoms with Gasteiger partial charge < -0.3 is 16.4 Å². The van der Waals surface area contributed by atoms with Crippen LogP contribution >= 0.6 is 0 Å². The van der Waals surface area contributed by atoms with E-state index in [1.165, 1.54) is 0 Å². The highest BCUT2D eigenvalue weighted by molar-refractivity contribution is 5.92. The average molecular weight is 261 g/mol. The van der Waals surface area contributed by atoms with Gasteiger partial charge in [-0.2, -0.15) is 0 Å². The second-order valence-electron chi connectivity index (χ2n) is 4.83. The zero-order chi connectivity index (χ0) is 13.7. The van der Waals surface area contributed by atoms with Gasteiger partial charge in [0.2, 0.25) is 11.8 Å². The van der Waals surface area contributed by atoms with Crippen LogP contribution in [0.25, 0.3) is 0 Å². The Balaban J connectivity index is 1.89. The Hall–Kier alpha value is -1.88. The van der Waals surface area contributed by atoms with Crippen LogP contribution in [0.4, 0.5) is 0 Å². The molecule has 1 atom stereocenters. The Kier molecular flexibility index (Phi) is 4.52. The Bertz CT molecular complexity index is 468. The fourth-order valence-electron chi connectivity index (χ4n) is 2.24. The fourth-order valence-corrected chi connectivity index (χ4v) is 2.24.